The number of fused-ring (bicyclic) bond motifs is 5. The van der Waals surface area contributed by atoms with Gasteiger partial charge >= 0.3 is 0 Å². The molecule has 4 aliphatic carbocycles. The maximum Gasteiger partial charge on any atom is 0.110 e. The van der Waals surface area contributed by atoms with Gasteiger partial charge in [0.2, 0.25) is 0 Å². The summed E-state index contributed by atoms with van der Waals surface area (Å²) in [6.07, 6.45) is 17.1. The first-order valence-corrected chi connectivity index (χ1v) is 11.1. The molecule has 1 aromatic rings. The first-order chi connectivity index (χ1) is 13.5. The molecule has 1 unspecified atom stereocenters. The number of nitrogens with zero attached hydrogens (tertiary/aromatic N) is 2. The largest absolute Gasteiger partial charge is 0.264 e. The van der Waals surface area contributed by atoms with E-state index < -0.39 is 0 Å². The summed E-state index contributed by atoms with van der Waals surface area (Å²) >= 11 is 0. The van der Waals surface area contributed by atoms with Crippen LogP contribution in [0.5, 0.6) is 0 Å². The average molecular weight is 377 g/mol. The number of allylic oxidation sites excluding steroid dienone is 3. The molecule has 1 aromatic heterocycles. The predicted octanol–water partition coefficient (Wildman–Crippen LogP) is 6.48. The highest BCUT2D eigenvalue weighted by molar-refractivity contribution is 5.72. The fourth-order valence-electron chi connectivity index (χ4n) is 7.51. The van der Waals surface area contributed by atoms with Crippen LogP contribution >= 0.6 is 0 Å². The monoisotopic (exact) mass is 376 g/mol. The third-order valence-corrected chi connectivity index (χ3v) is 8.99. The molecule has 148 valence electrons. The van der Waals surface area contributed by atoms with Crippen LogP contribution < -0.4 is 0 Å². The molecular weight excluding hydrogens is 344 g/mol. The van der Waals surface area contributed by atoms with E-state index in [0.29, 0.717) is 5.41 Å². The third-order valence-electron chi connectivity index (χ3n) is 8.99. The van der Waals surface area contributed by atoms with Crippen molar-refractivity contribution in [3.8, 4) is 0 Å². The highest BCUT2D eigenvalue weighted by atomic mass is 16.3. The maximum absolute atomic E-state index is 11.1. The molecule has 0 bridgehead atoms. The molecule has 2 fully saturated rings. The molecule has 5 rings (SSSR count). The minimum Gasteiger partial charge on any atom is -0.264 e. The van der Waals surface area contributed by atoms with Crippen LogP contribution in [-0.4, -0.2) is 11.0 Å². The molecule has 0 amide bonds. The summed E-state index contributed by atoms with van der Waals surface area (Å²) in [6, 6.07) is 2.23. The van der Waals surface area contributed by atoms with Crippen molar-refractivity contribution in [1.82, 2.24) is 4.98 Å². The normalized spacial score (nSPS) is 42.0. The highest BCUT2D eigenvalue weighted by Crippen LogP contribution is 2.66. The van der Waals surface area contributed by atoms with E-state index in [1.807, 2.05) is 6.20 Å². The molecule has 1 heterocycles. The van der Waals surface area contributed by atoms with Crippen molar-refractivity contribution in [1.29, 1.82) is 0 Å². The Morgan fingerprint density at radius 2 is 1.89 bits per heavy atom. The number of aryl methyl sites for hydroxylation is 1. The minimum absolute atomic E-state index is 0.0814. The zero-order chi connectivity index (χ0) is 19.5. The molecule has 4 aliphatic rings. The number of hydrogen-bond donors (Lipinski definition) is 0. The molecule has 0 aromatic carbocycles. The van der Waals surface area contributed by atoms with E-state index in [-0.39, 0.29) is 11.5 Å². The summed E-state index contributed by atoms with van der Waals surface area (Å²) < 4.78 is 0. The number of nitroso groups, excluding NO2 is 1. The zero-order valence-electron chi connectivity index (χ0n) is 17.4. The van der Waals surface area contributed by atoms with Gasteiger partial charge in [-0.3, -0.25) is 4.98 Å². The van der Waals surface area contributed by atoms with Crippen LogP contribution in [0.15, 0.2) is 41.4 Å². The minimum atomic E-state index is -0.0814. The van der Waals surface area contributed by atoms with Crippen molar-refractivity contribution in [2.45, 2.75) is 71.8 Å². The number of aromatic nitrogens is 1. The zero-order valence-corrected chi connectivity index (χ0v) is 17.4. The van der Waals surface area contributed by atoms with Gasteiger partial charge in [-0.05, 0) is 103 Å². The summed E-state index contributed by atoms with van der Waals surface area (Å²) in [5, 5.41) is 3.35. The molecule has 3 nitrogen and oxygen atoms in total. The Morgan fingerprint density at radius 1 is 1.07 bits per heavy atom. The third kappa shape index (κ3) is 2.51. The van der Waals surface area contributed by atoms with Crippen molar-refractivity contribution < 1.29 is 0 Å². The van der Waals surface area contributed by atoms with Gasteiger partial charge in [-0.2, -0.15) is 4.91 Å². The van der Waals surface area contributed by atoms with Crippen LogP contribution in [0.3, 0.4) is 0 Å². The van der Waals surface area contributed by atoms with E-state index in [9.17, 15) is 4.91 Å². The molecule has 6 atom stereocenters. The van der Waals surface area contributed by atoms with Gasteiger partial charge in [-0.1, -0.05) is 36.7 Å². The summed E-state index contributed by atoms with van der Waals surface area (Å²) in [7, 11) is 0. The summed E-state index contributed by atoms with van der Waals surface area (Å²) in [5.74, 6) is 2.32. The van der Waals surface area contributed by atoms with Crippen molar-refractivity contribution in [3.63, 3.8) is 0 Å². The second kappa shape index (κ2) is 6.37. The molecule has 0 radical (unpaired) electrons. The first kappa shape index (κ1) is 18.3. The molecule has 28 heavy (non-hydrogen) atoms. The van der Waals surface area contributed by atoms with Crippen LogP contribution in [0.4, 0.5) is 0 Å². The van der Waals surface area contributed by atoms with Crippen LogP contribution in [0.2, 0.25) is 0 Å². The van der Waals surface area contributed by atoms with Crippen molar-refractivity contribution in [2.75, 3.05) is 0 Å². The SMILES string of the molecule is Cc1cncc(C2=CC[C@H]3[C@@H]4CCC5=CC(N=O)CC[C@]5(C)[C@H]4CC[C@]23C)c1. The van der Waals surface area contributed by atoms with Crippen molar-refractivity contribution >= 4 is 5.57 Å². The second-order valence-corrected chi connectivity index (χ2v) is 10.3. The Bertz CT molecular complexity index is 871. The topological polar surface area (TPSA) is 42.3 Å². The molecule has 0 N–H and O–H groups in total. The Kier molecular flexibility index (Phi) is 4.16. The Labute approximate surface area is 168 Å². The summed E-state index contributed by atoms with van der Waals surface area (Å²) in [6.45, 7) is 7.16. The Hall–Kier alpha value is -1.77. The lowest BCUT2D eigenvalue weighted by Gasteiger charge is -2.58. The fraction of sp³-hybridized carbons (Fsp3) is 0.640. The number of hydrogen-bond acceptors (Lipinski definition) is 3. The van der Waals surface area contributed by atoms with Gasteiger partial charge < -0.3 is 0 Å². The average Bonchev–Trinajstić information content (AvgIpc) is 3.04. The van der Waals surface area contributed by atoms with E-state index in [1.165, 1.54) is 36.8 Å². The Morgan fingerprint density at radius 3 is 2.68 bits per heavy atom. The molecule has 0 aliphatic heterocycles. The van der Waals surface area contributed by atoms with Gasteiger partial charge in [-0.15, -0.1) is 0 Å². The van der Waals surface area contributed by atoms with E-state index in [1.54, 1.807) is 11.1 Å². The number of rotatable bonds is 2. The fourth-order valence-corrected chi connectivity index (χ4v) is 7.51. The van der Waals surface area contributed by atoms with Crippen LogP contribution in [0, 0.1) is 40.4 Å². The quantitative estimate of drug-likeness (QED) is 0.438. The Balaban J connectivity index is 1.46. The lowest BCUT2D eigenvalue weighted by atomic mass is 9.46. The van der Waals surface area contributed by atoms with Gasteiger partial charge in [-0.25, -0.2) is 0 Å². The molecule has 0 spiro atoms. The smallest absolute Gasteiger partial charge is 0.110 e. The van der Waals surface area contributed by atoms with Crippen molar-refractivity contribution in [3.05, 3.63) is 52.2 Å². The highest BCUT2D eigenvalue weighted by Gasteiger charge is 2.57. The van der Waals surface area contributed by atoms with Crippen LogP contribution in [-0.2, 0) is 0 Å². The summed E-state index contributed by atoms with van der Waals surface area (Å²) in [4.78, 5) is 15.6. The molecule has 3 heteroatoms. The van der Waals surface area contributed by atoms with E-state index in [0.717, 1.165) is 37.0 Å². The maximum atomic E-state index is 11.1. The van der Waals surface area contributed by atoms with Crippen LogP contribution in [0.25, 0.3) is 5.57 Å². The van der Waals surface area contributed by atoms with E-state index in [2.05, 4.69) is 55.3 Å². The predicted molar refractivity (Wildman–Crippen MR) is 114 cm³/mol. The van der Waals surface area contributed by atoms with Gasteiger partial charge in [0.15, 0.2) is 0 Å². The van der Waals surface area contributed by atoms with Crippen molar-refractivity contribution in [2.24, 2.45) is 33.8 Å². The molecule has 2 saturated carbocycles. The lowest BCUT2D eigenvalue weighted by Crippen LogP contribution is -2.50. The molecule has 0 saturated heterocycles. The molecular formula is C25H32N2O. The summed E-state index contributed by atoms with van der Waals surface area (Å²) in [5.41, 5.74) is 6.26. The van der Waals surface area contributed by atoms with E-state index in [4.69, 9.17) is 0 Å². The standard InChI is InChI=1S/C25H32N2O/c1-16-12-17(15-26-14-16)21-6-7-22-20-5-4-18-13-19(27-28)8-10-24(18,2)23(20)9-11-25(21,22)3/h6,12-15,19-20,22-23H,4-5,7-11H2,1-3H3/t19?,20-,22-,23-,24-,25+/m0/s1. The first-order valence-electron chi connectivity index (χ1n) is 11.1. The van der Waals surface area contributed by atoms with Gasteiger partial charge in [0, 0.05) is 12.4 Å². The van der Waals surface area contributed by atoms with Crippen LogP contribution in [0.1, 0.15) is 69.9 Å². The number of pyridine rings is 1. The van der Waals surface area contributed by atoms with Gasteiger partial charge in [0.1, 0.15) is 6.04 Å². The van der Waals surface area contributed by atoms with Gasteiger partial charge in [0.05, 0.1) is 0 Å². The lowest BCUT2D eigenvalue weighted by molar-refractivity contribution is -0.0226. The second-order valence-electron chi connectivity index (χ2n) is 10.3. The van der Waals surface area contributed by atoms with E-state index >= 15 is 0 Å². The van der Waals surface area contributed by atoms with Gasteiger partial charge in [0.25, 0.3) is 0 Å².